The summed E-state index contributed by atoms with van der Waals surface area (Å²) in [5.41, 5.74) is 4.77. The van der Waals surface area contributed by atoms with Crippen LogP contribution < -0.4 is 4.74 Å². The molecule has 2 saturated carbocycles. The minimum atomic E-state index is -0.384. The summed E-state index contributed by atoms with van der Waals surface area (Å²) in [5, 5.41) is 52.2. The van der Waals surface area contributed by atoms with Gasteiger partial charge in [0.05, 0.1) is 38.6 Å². The lowest BCUT2D eigenvalue weighted by Crippen LogP contribution is -2.28. The first-order valence-corrected chi connectivity index (χ1v) is 23.5. The van der Waals surface area contributed by atoms with Gasteiger partial charge in [-0.2, -0.15) is 0 Å². The number of unbranched alkanes of at least 4 members (excludes halogenated alkanes) is 4. The molecule has 59 heavy (non-hydrogen) atoms. The van der Waals surface area contributed by atoms with E-state index in [-0.39, 0.29) is 54.2 Å². The van der Waals surface area contributed by atoms with Crippen LogP contribution in [0, 0.1) is 35.5 Å². The van der Waals surface area contributed by atoms with Crippen molar-refractivity contribution in [1.29, 1.82) is 0 Å². The molecule has 332 valence electrons. The van der Waals surface area contributed by atoms with Gasteiger partial charge < -0.3 is 39.7 Å². The molecule has 0 heterocycles. The predicted octanol–water partition coefficient (Wildman–Crippen LogP) is 8.05. The van der Waals surface area contributed by atoms with Crippen LogP contribution in [0.25, 0.3) is 0 Å². The summed E-state index contributed by atoms with van der Waals surface area (Å²) in [6, 6.07) is 11.8. The van der Waals surface area contributed by atoms with Gasteiger partial charge in [0.15, 0.2) is 6.61 Å². The number of benzene rings is 2. The van der Waals surface area contributed by atoms with Gasteiger partial charge >= 0.3 is 11.9 Å². The molecule has 2 aromatic carbocycles. The minimum Gasteiger partial charge on any atom is -0.508 e. The number of esters is 2. The number of methoxy groups -OCH3 is 2. The van der Waals surface area contributed by atoms with Gasteiger partial charge in [-0.1, -0.05) is 92.6 Å². The number of halogens is 1. The van der Waals surface area contributed by atoms with E-state index in [2.05, 4.69) is 51.4 Å². The number of phenols is 1. The monoisotopic (exact) mass is 888 g/mol. The molecule has 4 aliphatic rings. The average molecular weight is 890 g/mol. The molecule has 6 rings (SSSR count). The van der Waals surface area contributed by atoms with Crippen molar-refractivity contribution in [2.24, 2.45) is 35.5 Å². The summed E-state index contributed by atoms with van der Waals surface area (Å²) in [6.45, 7) is 4.27. The highest BCUT2D eigenvalue weighted by atomic mass is 79.9. The predicted molar refractivity (Wildman–Crippen MR) is 234 cm³/mol. The van der Waals surface area contributed by atoms with E-state index in [0.717, 1.165) is 101 Å². The number of ether oxygens (including phenoxy) is 3. The number of fused-ring (bicyclic) bond motifs is 4. The molecular formula is C48H73BrO10. The molecule has 11 heteroatoms. The van der Waals surface area contributed by atoms with E-state index >= 15 is 0 Å². The number of alkyl halides is 1. The number of aliphatic hydroxyl groups excluding tert-OH is 4. The Kier molecular flexibility index (Phi) is 21.0. The van der Waals surface area contributed by atoms with Crippen molar-refractivity contribution in [3.63, 3.8) is 0 Å². The highest BCUT2D eigenvalue weighted by Gasteiger charge is 2.46. The minimum absolute atomic E-state index is 0.0811. The molecule has 0 bridgehead atoms. The molecule has 10 nitrogen and oxygen atoms in total. The fourth-order valence-electron chi connectivity index (χ4n) is 10.3. The fraction of sp³-hybridized carbons (Fsp3) is 0.708. The maximum absolute atomic E-state index is 11.4. The normalized spacial score (nSPS) is 26.0. The van der Waals surface area contributed by atoms with Crippen molar-refractivity contribution in [2.75, 3.05) is 26.2 Å². The molecule has 10 atom stereocenters. The van der Waals surface area contributed by atoms with Gasteiger partial charge in [0.25, 0.3) is 0 Å². The van der Waals surface area contributed by atoms with E-state index in [0.29, 0.717) is 35.3 Å². The largest absolute Gasteiger partial charge is 0.508 e. The third-order valence-electron chi connectivity index (χ3n) is 13.6. The Morgan fingerprint density at radius 2 is 1.19 bits per heavy atom. The smallest absolute Gasteiger partial charge is 0.343 e. The SMILES string of the molecule is CCCCC[C@H](O)CC[C@@H]1[C@H]2Cc3cccc(O)c3C[C@H]2C[C@H]1O.CCCCC[C@H](O)CC[C@@H]1[C@H]2Cc3cccc(OCC(=O)OC)c3C[C@H]2C[C@H]1O.COC(=O)CBr. The maximum Gasteiger partial charge on any atom is 0.343 e. The zero-order chi connectivity index (χ0) is 42.9. The zero-order valence-corrected chi connectivity index (χ0v) is 37.6. The van der Waals surface area contributed by atoms with Crippen LogP contribution in [0.1, 0.15) is 126 Å². The summed E-state index contributed by atoms with van der Waals surface area (Å²) in [6.07, 6.45) is 16.4. The summed E-state index contributed by atoms with van der Waals surface area (Å²) >= 11 is 2.90. The second kappa shape index (κ2) is 25.3. The molecule has 0 amide bonds. The molecule has 4 aliphatic carbocycles. The van der Waals surface area contributed by atoms with Gasteiger partial charge in [0.2, 0.25) is 0 Å². The van der Waals surface area contributed by atoms with Crippen molar-refractivity contribution in [3.05, 3.63) is 58.7 Å². The second-order valence-corrected chi connectivity index (χ2v) is 18.0. The van der Waals surface area contributed by atoms with E-state index < -0.39 is 0 Å². The molecule has 0 spiro atoms. The number of carbonyl (C=O) groups excluding carboxylic acids is 2. The third kappa shape index (κ3) is 14.4. The topological polar surface area (TPSA) is 163 Å². The molecule has 0 radical (unpaired) electrons. The van der Waals surface area contributed by atoms with Crippen molar-refractivity contribution >= 4 is 27.9 Å². The number of hydrogen-bond acceptors (Lipinski definition) is 10. The van der Waals surface area contributed by atoms with E-state index in [1.165, 1.54) is 56.6 Å². The maximum atomic E-state index is 11.4. The lowest BCUT2D eigenvalue weighted by atomic mass is 9.73. The first-order valence-electron chi connectivity index (χ1n) is 22.4. The summed E-state index contributed by atoms with van der Waals surface area (Å²) in [5.74, 6) is 2.96. The van der Waals surface area contributed by atoms with Crippen LogP contribution in [0.15, 0.2) is 36.4 Å². The van der Waals surface area contributed by atoms with E-state index in [4.69, 9.17) is 4.74 Å². The molecular weight excluding hydrogens is 816 g/mol. The van der Waals surface area contributed by atoms with E-state index in [1.807, 2.05) is 18.2 Å². The lowest BCUT2D eigenvalue weighted by molar-refractivity contribution is -0.143. The van der Waals surface area contributed by atoms with Crippen LogP contribution in [-0.2, 0) is 44.7 Å². The van der Waals surface area contributed by atoms with Crippen LogP contribution in [0.4, 0.5) is 0 Å². The molecule has 2 aromatic rings. The molecule has 0 aliphatic heterocycles. The van der Waals surface area contributed by atoms with Gasteiger partial charge in [-0.3, -0.25) is 4.79 Å². The first-order chi connectivity index (χ1) is 28.4. The Balaban J connectivity index is 0.000000232. The highest BCUT2D eigenvalue weighted by Crippen LogP contribution is 2.50. The summed E-state index contributed by atoms with van der Waals surface area (Å²) in [4.78, 5) is 21.3. The Morgan fingerprint density at radius 1 is 0.695 bits per heavy atom. The Bertz CT molecular complexity index is 1560. The van der Waals surface area contributed by atoms with Crippen molar-refractivity contribution < 1.29 is 49.3 Å². The standard InChI is InChI=1S/C24H36O5.C21H32O3.C3H5BrO2/c1-3-4-5-8-18(25)10-11-19-20-12-16-7-6-9-23(29-15-24(27)28-2)21(16)13-17(20)14-22(19)26;1-2-3-4-7-16(22)9-10-17-18-11-14-6-5-8-20(23)19(14)12-15(18)13-21(17)24;1-6-3(5)2-4/h6-7,9,17-20,22,25-26H,3-5,8,10-15H2,1-2H3;5-6,8,15-18,21-24H,2-4,7,9-13H2,1H3;2H2,1H3/t17-,18-,19+,20-,22+;15-,16-,17+,18-,21+;/m00./s1. The van der Waals surface area contributed by atoms with Crippen LogP contribution in [0.2, 0.25) is 0 Å². The quantitative estimate of drug-likeness (QED) is 0.0563. The highest BCUT2D eigenvalue weighted by molar-refractivity contribution is 9.09. The van der Waals surface area contributed by atoms with Gasteiger partial charge in [-0.25, -0.2) is 4.79 Å². The Hall–Kier alpha value is -2.70. The van der Waals surface area contributed by atoms with Crippen LogP contribution in [0.3, 0.4) is 0 Å². The third-order valence-corrected chi connectivity index (χ3v) is 14.0. The van der Waals surface area contributed by atoms with Crippen molar-refractivity contribution in [3.8, 4) is 11.5 Å². The average Bonchev–Trinajstić information content (AvgIpc) is 3.72. The molecule has 2 fully saturated rings. The molecule has 0 unspecified atom stereocenters. The second-order valence-electron chi connectivity index (χ2n) is 17.4. The van der Waals surface area contributed by atoms with Crippen LogP contribution in [-0.4, -0.2) is 88.0 Å². The first kappa shape index (κ1) is 49.0. The Labute approximate surface area is 361 Å². The number of rotatable bonds is 18. The molecule has 0 saturated heterocycles. The Morgan fingerprint density at radius 3 is 1.66 bits per heavy atom. The molecule has 0 aromatic heterocycles. The number of carbonyl (C=O) groups is 2. The summed E-state index contributed by atoms with van der Waals surface area (Å²) in [7, 11) is 2.71. The number of aliphatic hydroxyl groups is 4. The molecule has 5 N–H and O–H groups in total. The van der Waals surface area contributed by atoms with E-state index in [9.17, 15) is 35.1 Å². The van der Waals surface area contributed by atoms with E-state index in [1.54, 1.807) is 6.07 Å². The lowest BCUT2D eigenvalue weighted by Gasteiger charge is -2.32. The van der Waals surface area contributed by atoms with Crippen molar-refractivity contribution in [1.82, 2.24) is 0 Å². The number of hydrogen-bond donors (Lipinski definition) is 5. The van der Waals surface area contributed by atoms with Crippen LogP contribution >= 0.6 is 15.9 Å². The number of phenolic OH excluding ortho intramolecular Hbond substituents is 1. The zero-order valence-electron chi connectivity index (χ0n) is 36.0. The van der Waals surface area contributed by atoms with Gasteiger partial charge in [-0.15, -0.1) is 0 Å². The van der Waals surface area contributed by atoms with Crippen LogP contribution in [0.5, 0.6) is 11.5 Å². The van der Waals surface area contributed by atoms with Gasteiger partial charge in [0.1, 0.15) is 16.8 Å². The fourth-order valence-corrected chi connectivity index (χ4v) is 10.6. The van der Waals surface area contributed by atoms with Gasteiger partial charge in [0, 0.05) is 0 Å². The van der Waals surface area contributed by atoms with Gasteiger partial charge in [-0.05, 0) is 147 Å². The summed E-state index contributed by atoms with van der Waals surface area (Å²) < 4.78 is 14.6. The number of aromatic hydroxyl groups is 1. The van der Waals surface area contributed by atoms with Crippen molar-refractivity contribution in [2.45, 2.75) is 154 Å².